The highest BCUT2D eigenvalue weighted by Gasteiger charge is 2.46. The second-order valence-corrected chi connectivity index (χ2v) is 17.5. The van der Waals surface area contributed by atoms with Crippen molar-refractivity contribution in [1.29, 1.82) is 0 Å². The Morgan fingerprint density at radius 1 is 0.265 bits per heavy atom. The molecule has 0 amide bonds. The van der Waals surface area contributed by atoms with Gasteiger partial charge in [0.05, 0.1) is 5.41 Å². The van der Waals surface area contributed by atoms with Crippen molar-refractivity contribution in [1.82, 2.24) is 15.0 Å². The lowest BCUT2D eigenvalue weighted by molar-refractivity contribution is 0.666. The molecule has 0 saturated heterocycles. The lowest BCUT2D eigenvalue weighted by Crippen LogP contribution is -2.28. The second-order valence-electron chi connectivity index (χ2n) is 17.5. The van der Waals surface area contributed by atoms with Crippen LogP contribution in [0.1, 0.15) is 22.3 Å². The minimum absolute atomic E-state index is 0.512. The summed E-state index contributed by atoms with van der Waals surface area (Å²) in [5.74, 6) is 1.81. The average Bonchev–Trinajstić information content (AvgIpc) is 3.94. The van der Waals surface area contributed by atoms with Gasteiger partial charge in [-0.2, -0.15) is 0 Å². The van der Waals surface area contributed by atoms with Crippen LogP contribution in [0.4, 0.5) is 0 Å². The van der Waals surface area contributed by atoms with Crippen molar-refractivity contribution >= 4 is 21.9 Å². The van der Waals surface area contributed by atoms with Gasteiger partial charge in [-0.1, -0.05) is 231 Å². The van der Waals surface area contributed by atoms with Crippen molar-refractivity contribution < 1.29 is 4.42 Å². The molecule has 12 aromatic rings. The lowest BCUT2D eigenvalue weighted by Gasteiger charge is -2.33. The summed E-state index contributed by atoms with van der Waals surface area (Å²) in [5, 5.41) is 2.14. The van der Waals surface area contributed by atoms with Crippen molar-refractivity contribution in [2.24, 2.45) is 0 Å². The zero-order chi connectivity index (χ0) is 45.0. The molecule has 4 nitrogen and oxygen atoms in total. The first kappa shape index (κ1) is 39.4. The van der Waals surface area contributed by atoms with Gasteiger partial charge in [-0.15, -0.1) is 0 Å². The summed E-state index contributed by atoms with van der Waals surface area (Å²) in [7, 11) is 0. The molecule has 0 saturated carbocycles. The third-order valence-corrected chi connectivity index (χ3v) is 13.7. The van der Waals surface area contributed by atoms with Gasteiger partial charge in [0.15, 0.2) is 17.5 Å². The molecule has 2 heterocycles. The first-order chi connectivity index (χ1) is 33.7. The normalized spacial score (nSPS) is 12.5. The molecule has 0 unspecified atom stereocenters. The maximum absolute atomic E-state index is 6.91. The van der Waals surface area contributed by atoms with E-state index in [0.717, 1.165) is 72.0 Å². The van der Waals surface area contributed by atoms with E-state index < -0.39 is 5.41 Å². The molecule has 0 aliphatic heterocycles. The number of furan rings is 1. The summed E-state index contributed by atoms with van der Waals surface area (Å²) in [5.41, 5.74) is 18.0. The molecule has 0 N–H and O–H groups in total. The van der Waals surface area contributed by atoms with Crippen molar-refractivity contribution in [3.05, 3.63) is 271 Å². The van der Waals surface area contributed by atoms with Gasteiger partial charge < -0.3 is 4.42 Å². The van der Waals surface area contributed by atoms with Crippen LogP contribution < -0.4 is 0 Å². The highest BCUT2D eigenvalue weighted by Crippen LogP contribution is 2.56. The molecule has 13 rings (SSSR count). The fourth-order valence-electron chi connectivity index (χ4n) is 10.5. The molecule has 1 aliphatic rings. The molecular formula is C64H41N3O. The van der Waals surface area contributed by atoms with E-state index >= 15 is 0 Å². The number of aromatic nitrogens is 3. The largest absolute Gasteiger partial charge is 0.456 e. The van der Waals surface area contributed by atoms with Gasteiger partial charge in [0.2, 0.25) is 0 Å². The molecule has 0 spiro atoms. The molecular weight excluding hydrogens is 827 g/mol. The third-order valence-electron chi connectivity index (χ3n) is 13.7. The van der Waals surface area contributed by atoms with Crippen LogP contribution >= 0.6 is 0 Å². The Hall–Kier alpha value is -8.99. The van der Waals surface area contributed by atoms with E-state index in [-0.39, 0.29) is 0 Å². The zero-order valence-electron chi connectivity index (χ0n) is 36.9. The molecule has 0 bridgehead atoms. The quantitative estimate of drug-likeness (QED) is 0.153. The maximum atomic E-state index is 6.91. The van der Waals surface area contributed by atoms with E-state index in [2.05, 4.69) is 237 Å². The van der Waals surface area contributed by atoms with Crippen LogP contribution in [-0.2, 0) is 5.41 Å². The van der Waals surface area contributed by atoms with Crippen LogP contribution in [0.3, 0.4) is 0 Å². The Morgan fingerprint density at radius 3 is 1.22 bits per heavy atom. The van der Waals surface area contributed by atoms with Gasteiger partial charge >= 0.3 is 0 Å². The third kappa shape index (κ3) is 6.49. The van der Waals surface area contributed by atoms with E-state index in [1.165, 1.54) is 33.4 Å². The SMILES string of the molecule is c1ccc(-c2ccc(-c3nc(-c4ccc(-c5ccccc5)cc4)nc(-c4ccccc4-c4ccc5c(c4)oc4cc(C6(c7ccccc7)c7ccccc7-c7ccccc76)ccc45)n3)cc2)cc1. The smallest absolute Gasteiger partial charge is 0.164 e. The van der Waals surface area contributed by atoms with E-state index in [9.17, 15) is 0 Å². The highest BCUT2D eigenvalue weighted by atomic mass is 16.3. The highest BCUT2D eigenvalue weighted by molar-refractivity contribution is 6.07. The Balaban J connectivity index is 0.926. The molecule has 1 aliphatic carbocycles. The second kappa shape index (κ2) is 16.2. The topological polar surface area (TPSA) is 51.8 Å². The van der Waals surface area contributed by atoms with Crippen LogP contribution in [0.25, 0.3) is 101 Å². The fourth-order valence-corrected chi connectivity index (χ4v) is 10.5. The Morgan fingerprint density at radius 2 is 0.662 bits per heavy atom. The Bertz CT molecular complexity index is 3680. The molecule has 0 radical (unpaired) electrons. The van der Waals surface area contributed by atoms with Crippen LogP contribution in [-0.4, -0.2) is 15.0 Å². The van der Waals surface area contributed by atoms with Crippen molar-refractivity contribution in [2.75, 3.05) is 0 Å². The molecule has 4 heteroatoms. The van der Waals surface area contributed by atoms with Crippen LogP contribution in [0.2, 0.25) is 0 Å². The summed E-state index contributed by atoms with van der Waals surface area (Å²) >= 11 is 0. The van der Waals surface area contributed by atoms with E-state index in [0.29, 0.717) is 17.5 Å². The average molecular weight is 868 g/mol. The maximum Gasteiger partial charge on any atom is 0.164 e. The zero-order valence-corrected chi connectivity index (χ0v) is 36.9. The van der Waals surface area contributed by atoms with Gasteiger partial charge in [0.25, 0.3) is 0 Å². The monoisotopic (exact) mass is 867 g/mol. The number of rotatable bonds is 8. The number of nitrogens with zero attached hydrogens (tertiary/aromatic N) is 3. The molecule has 10 aromatic carbocycles. The standard InChI is InChI=1S/C64H41N3O/c1-4-16-42(17-5-1)44-28-32-46(33-29-44)61-65-62(47-34-30-45(31-35-47)43-18-6-2-7-19-43)67-63(66-61)56-25-11-10-22-51(56)48-36-38-54-55-39-37-50(41-60(55)68-59(54)40-48)64(49-20-8-3-9-21-49)57-26-14-12-23-52(57)53-24-13-15-27-58(53)64/h1-41H. The van der Waals surface area contributed by atoms with Gasteiger partial charge in [0, 0.05) is 27.5 Å². The van der Waals surface area contributed by atoms with Crippen LogP contribution in [0.15, 0.2) is 253 Å². The van der Waals surface area contributed by atoms with Crippen LogP contribution in [0.5, 0.6) is 0 Å². The molecule has 0 fully saturated rings. The summed E-state index contributed by atoms with van der Waals surface area (Å²) in [4.78, 5) is 15.6. The minimum atomic E-state index is -0.512. The predicted octanol–water partition coefficient (Wildman–Crippen LogP) is 16.1. The van der Waals surface area contributed by atoms with E-state index in [4.69, 9.17) is 19.4 Å². The van der Waals surface area contributed by atoms with Crippen molar-refractivity contribution in [2.45, 2.75) is 5.41 Å². The minimum Gasteiger partial charge on any atom is -0.456 e. The fraction of sp³-hybridized carbons (Fsp3) is 0.0156. The predicted molar refractivity (Wildman–Crippen MR) is 277 cm³/mol. The molecule has 0 atom stereocenters. The Labute approximate surface area is 394 Å². The van der Waals surface area contributed by atoms with Gasteiger partial charge in [-0.3, -0.25) is 0 Å². The van der Waals surface area contributed by atoms with Gasteiger partial charge in [0.1, 0.15) is 11.2 Å². The number of fused-ring (bicyclic) bond motifs is 6. The number of benzene rings is 10. The van der Waals surface area contributed by atoms with E-state index in [1.807, 2.05) is 12.1 Å². The lowest BCUT2D eigenvalue weighted by atomic mass is 9.67. The van der Waals surface area contributed by atoms with Gasteiger partial charge in [-0.25, -0.2) is 15.0 Å². The summed E-state index contributed by atoms with van der Waals surface area (Å²) < 4.78 is 6.91. The molecule has 68 heavy (non-hydrogen) atoms. The van der Waals surface area contributed by atoms with Gasteiger partial charge in [-0.05, 0) is 85.0 Å². The Kier molecular flexibility index (Phi) is 9.36. The van der Waals surface area contributed by atoms with Crippen LogP contribution in [0, 0.1) is 0 Å². The summed E-state index contributed by atoms with van der Waals surface area (Å²) in [6, 6.07) is 88.0. The first-order valence-electron chi connectivity index (χ1n) is 23.1. The van der Waals surface area contributed by atoms with E-state index in [1.54, 1.807) is 0 Å². The number of hydrogen-bond acceptors (Lipinski definition) is 4. The number of hydrogen-bond donors (Lipinski definition) is 0. The molecule has 2 aromatic heterocycles. The molecule has 318 valence electrons. The summed E-state index contributed by atoms with van der Waals surface area (Å²) in [6.45, 7) is 0. The first-order valence-corrected chi connectivity index (χ1v) is 23.1. The summed E-state index contributed by atoms with van der Waals surface area (Å²) in [6.07, 6.45) is 0. The van der Waals surface area contributed by atoms with Crippen molar-refractivity contribution in [3.8, 4) is 78.7 Å². The van der Waals surface area contributed by atoms with Crippen molar-refractivity contribution in [3.63, 3.8) is 0 Å².